The summed E-state index contributed by atoms with van der Waals surface area (Å²) < 4.78 is 5.04. The summed E-state index contributed by atoms with van der Waals surface area (Å²) in [6, 6.07) is 7.34. The number of thioether (sulfide) groups is 1. The Bertz CT molecular complexity index is 324. The van der Waals surface area contributed by atoms with Crippen molar-refractivity contribution in [3.63, 3.8) is 0 Å². The normalized spacial score (nSPS) is 9.88. The van der Waals surface area contributed by atoms with Crippen molar-refractivity contribution in [1.82, 2.24) is 0 Å². The fraction of sp³-hybridized carbons (Fsp3) is 0.417. The van der Waals surface area contributed by atoms with E-state index in [1.165, 1.54) is 0 Å². The second-order valence-electron chi connectivity index (χ2n) is 3.37. The van der Waals surface area contributed by atoms with E-state index in [4.69, 9.17) is 4.74 Å². The van der Waals surface area contributed by atoms with Crippen molar-refractivity contribution >= 4 is 23.4 Å². The Kier molecular flexibility index (Phi) is 5.78. The molecule has 1 N–H and O–H groups in total. The lowest BCUT2D eigenvalue weighted by Gasteiger charge is -2.05. The maximum atomic E-state index is 11.5. The Morgan fingerprint density at radius 2 is 2.06 bits per heavy atom. The molecule has 0 bridgehead atoms. The lowest BCUT2D eigenvalue weighted by Crippen LogP contribution is -2.11. The minimum Gasteiger partial charge on any atom is -0.497 e. The molecule has 0 saturated carbocycles. The van der Waals surface area contributed by atoms with Crippen LogP contribution in [0.4, 0.5) is 5.69 Å². The molecule has 4 heteroatoms. The summed E-state index contributed by atoms with van der Waals surface area (Å²) in [4.78, 5) is 11.5. The van der Waals surface area contributed by atoms with Crippen LogP contribution in [0.25, 0.3) is 0 Å². The van der Waals surface area contributed by atoms with Crippen LogP contribution in [-0.2, 0) is 4.79 Å². The molecule has 0 aliphatic carbocycles. The third kappa shape index (κ3) is 4.57. The van der Waals surface area contributed by atoms with E-state index in [9.17, 15) is 4.79 Å². The number of benzene rings is 1. The fourth-order valence-electron chi connectivity index (χ4n) is 1.27. The van der Waals surface area contributed by atoms with E-state index in [0.29, 0.717) is 6.42 Å². The van der Waals surface area contributed by atoms with Gasteiger partial charge in [-0.15, -0.1) is 0 Å². The summed E-state index contributed by atoms with van der Waals surface area (Å²) in [5.74, 6) is 1.88. The Balaban J connectivity index is 2.37. The largest absolute Gasteiger partial charge is 0.497 e. The molecule has 3 nitrogen and oxygen atoms in total. The van der Waals surface area contributed by atoms with Gasteiger partial charge in [-0.05, 0) is 42.7 Å². The number of amides is 1. The van der Waals surface area contributed by atoms with Gasteiger partial charge in [0.05, 0.1) is 7.11 Å². The predicted octanol–water partition coefficient (Wildman–Crippen LogP) is 2.78. The van der Waals surface area contributed by atoms with Gasteiger partial charge in [-0.1, -0.05) is 0 Å². The minimum absolute atomic E-state index is 0.0687. The average Bonchev–Trinajstić information content (AvgIpc) is 2.30. The quantitative estimate of drug-likeness (QED) is 0.776. The molecule has 16 heavy (non-hydrogen) atoms. The van der Waals surface area contributed by atoms with Crippen LogP contribution in [0.15, 0.2) is 24.3 Å². The highest BCUT2D eigenvalue weighted by Crippen LogP contribution is 2.15. The average molecular weight is 239 g/mol. The van der Waals surface area contributed by atoms with Crippen molar-refractivity contribution in [2.24, 2.45) is 0 Å². The monoisotopic (exact) mass is 239 g/mol. The van der Waals surface area contributed by atoms with Crippen LogP contribution < -0.4 is 10.1 Å². The van der Waals surface area contributed by atoms with Crippen LogP contribution in [0.2, 0.25) is 0 Å². The molecule has 0 atom stereocenters. The minimum atomic E-state index is 0.0687. The lowest BCUT2D eigenvalue weighted by molar-refractivity contribution is -0.116. The third-order valence-electron chi connectivity index (χ3n) is 2.13. The first-order valence-electron chi connectivity index (χ1n) is 5.19. The zero-order valence-corrected chi connectivity index (χ0v) is 10.5. The van der Waals surface area contributed by atoms with E-state index in [1.54, 1.807) is 18.9 Å². The first kappa shape index (κ1) is 12.9. The summed E-state index contributed by atoms with van der Waals surface area (Å²) in [6.07, 6.45) is 3.54. The smallest absolute Gasteiger partial charge is 0.224 e. The van der Waals surface area contributed by atoms with Gasteiger partial charge < -0.3 is 10.1 Å². The third-order valence-corrected chi connectivity index (χ3v) is 2.82. The first-order valence-corrected chi connectivity index (χ1v) is 6.58. The molecular weight excluding hydrogens is 222 g/mol. The van der Waals surface area contributed by atoms with Gasteiger partial charge in [-0.2, -0.15) is 11.8 Å². The molecule has 0 aliphatic rings. The van der Waals surface area contributed by atoms with Gasteiger partial charge in [0.25, 0.3) is 0 Å². The SMILES string of the molecule is COc1ccc(NC(=O)CCCSC)cc1. The van der Waals surface area contributed by atoms with E-state index in [2.05, 4.69) is 5.32 Å². The van der Waals surface area contributed by atoms with E-state index in [-0.39, 0.29) is 5.91 Å². The summed E-state index contributed by atoms with van der Waals surface area (Å²) in [7, 11) is 1.62. The standard InChI is InChI=1S/C12H17NO2S/c1-15-11-7-5-10(6-8-11)13-12(14)4-3-9-16-2/h5-8H,3-4,9H2,1-2H3,(H,13,14). The maximum Gasteiger partial charge on any atom is 0.224 e. The van der Waals surface area contributed by atoms with Crippen molar-refractivity contribution in [2.45, 2.75) is 12.8 Å². The second kappa shape index (κ2) is 7.17. The number of carbonyl (C=O) groups is 1. The summed E-state index contributed by atoms with van der Waals surface area (Å²) in [5.41, 5.74) is 0.815. The van der Waals surface area contributed by atoms with Gasteiger partial charge in [0.2, 0.25) is 5.91 Å². The molecule has 0 fully saturated rings. The van der Waals surface area contributed by atoms with Gasteiger partial charge in [0, 0.05) is 12.1 Å². The number of methoxy groups -OCH3 is 1. The number of ether oxygens (including phenoxy) is 1. The van der Waals surface area contributed by atoms with Gasteiger partial charge in [-0.3, -0.25) is 4.79 Å². The molecule has 0 aromatic heterocycles. The molecule has 0 spiro atoms. The Labute approximate surface area is 101 Å². The number of carbonyl (C=O) groups excluding carboxylic acids is 1. The van der Waals surface area contributed by atoms with Crippen LogP contribution in [0.5, 0.6) is 5.75 Å². The number of hydrogen-bond acceptors (Lipinski definition) is 3. The molecule has 0 saturated heterocycles. The number of nitrogens with one attached hydrogen (secondary N) is 1. The molecular formula is C12H17NO2S. The van der Waals surface area contributed by atoms with Crippen molar-refractivity contribution < 1.29 is 9.53 Å². The fourth-order valence-corrected chi connectivity index (χ4v) is 1.71. The maximum absolute atomic E-state index is 11.5. The van der Waals surface area contributed by atoms with Gasteiger partial charge in [-0.25, -0.2) is 0 Å². The van der Waals surface area contributed by atoms with Crippen molar-refractivity contribution in [3.05, 3.63) is 24.3 Å². The zero-order valence-electron chi connectivity index (χ0n) is 9.66. The summed E-state index contributed by atoms with van der Waals surface area (Å²) in [5, 5.41) is 2.85. The Morgan fingerprint density at radius 3 is 2.62 bits per heavy atom. The molecule has 0 aliphatic heterocycles. The molecule has 1 rings (SSSR count). The zero-order chi connectivity index (χ0) is 11.8. The van der Waals surface area contributed by atoms with Gasteiger partial charge in [0.15, 0.2) is 0 Å². The van der Waals surface area contributed by atoms with Gasteiger partial charge in [0.1, 0.15) is 5.75 Å². The molecule has 0 radical (unpaired) electrons. The number of rotatable bonds is 6. The van der Waals surface area contributed by atoms with E-state index >= 15 is 0 Å². The van der Waals surface area contributed by atoms with Crippen molar-refractivity contribution in [2.75, 3.05) is 24.4 Å². The van der Waals surface area contributed by atoms with E-state index in [1.807, 2.05) is 30.5 Å². The highest BCUT2D eigenvalue weighted by atomic mass is 32.2. The second-order valence-corrected chi connectivity index (χ2v) is 4.36. The number of anilines is 1. The molecule has 0 heterocycles. The Morgan fingerprint density at radius 1 is 1.38 bits per heavy atom. The molecule has 1 aromatic rings. The molecule has 1 amide bonds. The van der Waals surface area contributed by atoms with Crippen LogP contribution in [0.1, 0.15) is 12.8 Å². The lowest BCUT2D eigenvalue weighted by atomic mass is 10.2. The van der Waals surface area contributed by atoms with Crippen LogP contribution in [0, 0.1) is 0 Å². The topological polar surface area (TPSA) is 38.3 Å². The van der Waals surface area contributed by atoms with E-state index in [0.717, 1.165) is 23.6 Å². The van der Waals surface area contributed by atoms with Gasteiger partial charge >= 0.3 is 0 Å². The van der Waals surface area contributed by atoms with Crippen molar-refractivity contribution in [1.29, 1.82) is 0 Å². The van der Waals surface area contributed by atoms with Crippen LogP contribution in [0.3, 0.4) is 0 Å². The Hall–Kier alpha value is -1.16. The number of hydrogen-bond donors (Lipinski definition) is 1. The van der Waals surface area contributed by atoms with Crippen LogP contribution in [-0.4, -0.2) is 25.0 Å². The highest BCUT2D eigenvalue weighted by molar-refractivity contribution is 7.98. The molecule has 88 valence electrons. The summed E-state index contributed by atoms with van der Waals surface area (Å²) in [6.45, 7) is 0. The van der Waals surface area contributed by atoms with Crippen molar-refractivity contribution in [3.8, 4) is 5.75 Å². The van der Waals surface area contributed by atoms with Crippen LogP contribution >= 0.6 is 11.8 Å². The highest BCUT2D eigenvalue weighted by Gasteiger charge is 2.01. The predicted molar refractivity (Wildman–Crippen MR) is 69.2 cm³/mol. The molecule has 0 unspecified atom stereocenters. The molecule has 1 aromatic carbocycles. The summed E-state index contributed by atoms with van der Waals surface area (Å²) >= 11 is 1.76. The first-order chi connectivity index (χ1) is 7.76. The van der Waals surface area contributed by atoms with E-state index < -0.39 is 0 Å².